The Bertz CT molecular complexity index is 1490. The lowest BCUT2D eigenvalue weighted by molar-refractivity contribution is 0.647. The van der Waals surface area contributed by atoms with E-state index >= 15 is 0 Å². The Morgan fingerprint density at radius 1 is 0.774 bits per heavy atom. The summed E-state index contributed by atoms with van der Waals surface area (Å²) in [6.45, 7) is 9.03. The molecule has 0 amide bonds. The van der Waals surface area contributed by atoms with Gasteiger partial charge in [0.1, 0.15) is 11.2 Å². The molecule has 2 aromatic heterocycles. The first kappa shape index (κ1) is 18.4. The Hall–Kier alpha value is -3.39. The van der Waals surface area contributed by atoms with Crippen molar-refractivity contribution in [3.63, 3.8) is 0 Å². The second-order valence-electron chi connectivity index (χ2n) is 9.48. The topological polar surface area (TPSA) is 26.0 Å². The predicted molar refractivity (Wildman–Crippen MR) is 129 cm³/mol. The summed E-state index contributed by atoms with van der Waals surface area (Å²) in [6, 6.07) is 24.0. The van der Waals surface area contributed by atoms with Gasteiger partial charge in [-0.1, -0.05) is 64.1 Å². The van der Waals surface area contributed by atoms with Gasteiger partial charge in [-0.2, -0.15) is 0 Å². The van der Waals surface area contributed by atoms with Crippen LogP contribution in [0.15, 0.2) is 77.3 Å². The van der Waals surface area contributed by atoms with Crippen LogP contribution in [0.5, 0.6) is 0 Å². The minimum Gasteiger partial charge on any atom is -0.455 e. The van der Waals surface area contributed by atoms with E-state index in [1.54, 1.807) is 0 Å². The Kier molecular flexibility index (Phi) is 3.74. The lowest BCUT2D eigenvalue weighted by atomic mass is 9.82. The monoisotopic (exact) mass is 403 g/mol. The van der Waals surface area contributed by atoms with Gasteiger partial charge in [-0.05, 0) is 64.1 Å². The number of furan rings is 1. The third-order valence-electron chi connectivity index (χ3n) is 6.93. The standard InChI is InChI=1S/C29H25NO/c1-17(2)18-12-13-30-26(14-18)21-10-7-9-20-23-15-22-19-8-5-6-11-24(19)29(3,4)25(22)16-27(23)31-28(20)21/h5-17H,1-4H3. The largest absolute Gasteiger partial charge is 0.455 e. The van der Waals surface area contributed by atoms with Crippen LogP contribution in [0.1, 0.15) is 50.3 Å². The van der Waals surface area contributed by atoms with Gasteiger partial charge in [0.2, 0.25) is 0 Å². The Morgan fingerprint density at radius 2 is 1.58 bits per heavy atom. The second kappa shape index (κ2) is 6.31. The molecule has 0 saturated carbocycles. The molecule has 0 bridgehead atoms. The first-order valence-electron chi connectivity index (χ1n) is 11.0. The van der Waals surface area contributed by atoms with E-state index in [9.17, 15) is 0 Å². The summed E-state index contributed by atoms with van der Waals surface area (Å²) >= 11 is 0. The van der Waals surface area contributed by atoms with E-state index in [2.05, 4.69) is 99.4 Å². The maximum Gasteiger partial charge on any atom is 0.144 e. The summed E-state index contributed by atoms with van der Waals surface area (Å²) in [5.41, 5.74) is 10.5. The van der Waals surface area contributed by atoms with Gasteiger partial charge in [-0.3, -0.25) is 4.98 Å². The molecule has 0 N–H and O–H groups in total. The first-order chi connectivity index (χ1) is 14.9. The molecule has 5 aromatic rings. The van der Waals surface area contributed by atoms with E-state index < -0.39 is 0 Å². The molecule has 2 nitrogen and oxygen atoms in total. The molecule has 1 aliphatic carbocycles. The van der Waals surface area contributed by atoms with Crippen molar-refractivity contribution in [2.24, 2.45) is 0 Å². The number of aromatic nitrogens is 1. The summed E-state index contributed by atoms with van der Waals surface area (Å²) < 4.78 is 6.52. The minimum absolute atomic E-state index is 0.0327. The van der Waals surface area contributed by atoms with Crippen LogP contribution in [0.2, 0.25) is 0 Å². The molecule has 0 aliphatic heterocycles. The maximum atomic E-state index is 6.52. The molecule has 2 heterocycles. The van der Waals surface area contributed by atoms with E-state index in [0.717, 1.165) is 27.8 Å². The van der Waals surface area contributed by atoms with E-state index in [0.29, 0.717) is 5.92 Å². The maximum absolute atomic E-state index is 6.52. The van der Waals surface area contributed by atoms with Crippen LogP contribution in [-0.4, -0.2) is 4.98 Å². The fourth-order valence-electron chi connectivity index (χ4n) is 5.15. The number of pyridine rings is 1. The lowest BCUT2D eigenvalue weighted by Gasteiger charge is -2.21. The Morgan fingerprint density at radius 3 is 2.42 bits per heavy atom. The number of para-hydroxylation sites is 1. The van der Waals surface area contributed by atoms with Crippen molar-refractivity contribution < 1.29 is 4.42 Å². The van der Waals surface area contributed by atoms with E-state index in [4.69, 9.17) is 4.42 Å². The highest BCUT2D eigenvalue weighted by Gasteiger charge is 2.36. The zero-order valence-corrected chi connectivity index (χ0v) is 18.4. The fourth-order valence-corrected chi connectivity index (χ4v) is 5.15. The van der Waals surface area contributed by atoms with Crippen molar-refractivity contribution in [2.75, 3.05) is 0 Å². The van der Waals surface area contributed by atoms with Crippen LogP contribution in [0, 0.1) is 0 Å². The molecule has 3 aromatic carbocycles. The quantitative estimate of drug-likeness (QED) is 0.298. The molecule has 0 radical (unpaired) electrons. The normalized spacial score (nSPS) is 14.4. The zero-order chi connectivity index (χ0) is 21.3. The number of rotatable bonds is 2. The zero-order valence-electron chi connectivity index (χ0n) is 18.4. The smallest absolute Gasteiger partial charge is 0.144 e. The van der Waals surface area contributed by atoms with Gasteiger partial charge < -0.3 is 4.42 Å². The lowest BCUT2D eigenvalue weighted by Crippen LogP contribution is -2.14. The molecule has 6 rings (SSSR count). The van der Waals surface area contributed by atoms with Crippen molar-refractivity contribution >= 4 is 21.9 Å². The number of fused-ring (bicyclic) bond motifs is 6. The highest BCUT2D eigenvalue weighted by molar-refractivity contribution is 6.11. The van der Waals surface area contributed by atoms with Gasteiger partial charge in [-0.25, -0.2) is 0 Å². The minimum atomic E-state index is -0.0327. The summed E-state index contributed by atoms with van der Waals surface area (Å²) in [5, 5.41) is 2.32. The van der Waals surface area contributed by atoms with Gasteiger partial charge in [0.05, 0.1) is 5.69 Å². The van der Waals surface area contributed by atoms with Gasteiger partial charge in [0.25, 0.3) is 0 Å². The fraction of sp³-hybridized carbons (Fsp3) is 0.207. The van der Waals surface area contributed by atoms with Crippen LogP contribution in [0.3, 0.4) is 0 Å². The first-order valence-corrected chi connectivity index (χ1v) is 11.0. The predicted octanol–water partition coefficient (Wildman–Crippen LogP) is 8.08. The second-order valence-corrected chi connectivity index (χ2v) is 9.48. The van der Waals surface area contributed by atoms with Crippen molar-refractivity contribution in [1.29, 1.82) is 0 Å². The van der Waals surface area contributed by atoms with Crippen molar-refractivity contribution in [2.45, 2.75) is 39.0 Å². The third-order valence-corrected chi connectivity index (χ3v) is 6.93. The highest BCUT2D eigenvalue weighted by atomic mass is 16.3. The van der Waals surface area contributed by atoms with Gasteiger partial charge >= 0.3 is 0 Å². The average Bonchev–Trinajstić information content (AvgIpc) is 3.25. The SMILES string of the molecule is CC(C)c1ccnc(-c2cccc3c2oc2cc4c(cc23)-c2ccccc2C4(C)C)c1. The molecular weight excluding hydrogens is 378 g/mol. The molecule has 0 saturated heterocycles. The summed E-state index contributed by atoms with van der Waals surface area (Å²) in [6.07, 6.45) is 1.90. The molecular formula is C29H25NO. The van der Waals surface area contributed by atoms with E-state index in [1.807, 2.05) is 6.20 Å². The molecule has 0 unspecified atom stereocenters. The third kappa shape index (κ3) is 2.54. The van der Waals surface area contributed by atoms with Crippen LogP contribution in [0.25, 0.3) is 44.3 Å². The molecule has 0 atom stereocenters. The van der Waals surface area contributed by atoms with Crippen molar-refractivity contribution in [3.8, 4) is 22.4 Å². The number of hydrogen-bond acceptors (Lipinski definition) is 2. The number of benzene rings is 3. The molecule has 31 heavy (non-hydrogen) atoms. The highest BCUT2D eigenvalue weighted by Crippen LogP contribution is 2.51. The summed E-state index contributed by atoms with van der Waals surface area (Å²) in [7, 11) is 0. The molecule has 2 heteroatoms. The Balaban J connectivity index is 1.63. The van der Waals surface area contributed by atoms with Crippen LogP contribution in [-0.2, 0) is 5.41 Å². The molecule has 152 valence electrons. The van der Waals surface area contributed by atoms with Gasteiger partial charge in [0, 0.05) is 27.9 Å². The van der Waals surface area contributed by atoms with Crippen LogP contribution >= 0.6 is 0 Å². The number of hydrogen-bond donors (Lipinski definition) is 0. The van der Waals surface area contributed by atoms with Crippen LogP contribution < -0.4 is 0 Å². The van der Waals surface area contributed by atoms with Crippen molar-refractivity contribution in [3.05, 3.63) is 89.6 Å². The van der Waals surface area contributed by atoms with E-state index in [-0.39, 0.29) is 5.41 Å². The Labute approximate surface area is 182 Å². The molecule has 0 fully saturated rings. The van der Waals surface area contributed by atoms with Crippen molar-refractivity contribution in [1.82, 2.24) is 4.98 Å². The molecule has 0 spiro atoms. The van der Waals surface area contributed by atoms with Gasteiger partial charge in [0.15, 0.2) is 0 Å². The summed E-state index contributed by atoms with van der Waals surface area (Å²) in [5.74, 6) is 0.460. The van der Waals surface area contributed by atoms with Gasteiger partial charge in [-0.15, -0.1) is 0 Å². The van der Waals surface area contributed by atoms with Crippen LogP contribution in [0.4, 0.5) is 0 Å². The molecule has 1 aliphatic rings. The summed E-state index contributed by atoms with van der Waals surface area (Å²) in [4.78, 5) is 4.67. The number of nitrogens with zero attached hydrogens (tertiary/aromatic N) is 1. The average molecular weight is 404 g/mol. The van der Waals surface area contributed by atoms with E-state index in [1.165, 1.54) is 33.2 Å².